The molecule has 0 unspecified atom stereocenters. The molecule has 0 radical (unpaired) electrons. The summed E-state index contributed by atoms with van der Waals surface area (Å²) < 4.78 is 30.8. The zero-order chi connectivity index (χ0) is 10.9. The first-order valence-electron chi connectivity index (χ1n) is 3.91. The van der Waals surface area contributed by atoms with Crippen LogP contribution in [0.25, 0.3) is 0 Å². The predicted molar refractivity (Wildman–Crippen MR) is 55.0 cm³/mol. The van der Waals surface area contributed by atoms with Crippen molar-refractivity contribution in [3.05, 3.63) is 17.7 Å². The van der Waals surface area contributed by atoms with Crippen LogP contribution < -0.4 is 11.1 Å². The van der Waals surface area contributed by atoms with Crippen LogP contribution in [0.5, 0.6) is 0 Å². The van der Waals surface area contributed by atoms with Gasteiger partial charge in [0.2, 0.25) is 0 Å². The normalized spacial score (nSPS) is 11.4. The van der Waals surface area contributed by atoms with E-state index in [2.05, 4.69) is 5.32 Å². The van der Waals surface area contributed by atoms with Gasteiger partial charge in [0.15, 0.2) is 0 Å². The van der Waals surface area contributed by atoms with Gasteiger partial charge in [-0.25, -0.2) is 0 Å². The Morgan fingerprint density at radius 3 is 2.43 bits per heavy atom. The Morgan fingerprint density at radius 2 is 2.00 bits per heavy atom. The van der Waals surface area contributed by atoms with Crippen molar-refractivity contribution < 1.29 is 13.0 Å². The van der Waals surface area contributed by atoms with Gasteiger partial charge < -0.3 is 11.1 Å². The Morgan fingerprint density at radius 1 is 1.43 bits per heavy atom. The van der Waals surface area contributed by atoms with Crippen molar-refractivity contribution in [2.75, 3.05) is 18.1 Å². The van der Waals surface area contributed by atoms with Crippen molar-refractivity contribution in [3.63, 3.8) is 0 Å². The molecule has 0 bridgehead atoms. The van der Waals surface area contributed by atoms with Gasteiger partial charge in [0.1, 0.15) is 4.90 Å². The van der Waals surface area contributed by atoms with E-state index in [-0.39, 0.29) is 4.90 Å². The van der Waals surface area contributed by atoms with Gasteiger partial charge in [-0.1, -0.05) is 0 Å². The van der Waals surface area contributed by atoms with Crippen molar-refractivity contribution in [1.29, 1.82) is 0 Å². The molecule has 0 aliphatic carbocycles. The second kappa shape index (κ2) is 3.47. The highest BCUT2D eigenvalue weighted by Crippen LogP contribution is 2.25. The molecule has 5 nitrogen and oxygen atoms in total. The highest BCUT2D eigenvalue weighted by molar-refractivity contribution is 7.85. The van der Waals surface area contributed by atoms with Crippen LogP contribution in [0, 0.1) is 6.92 Å². The molecule has 0 aliphatic rings. The lowest BCUT2D eigenvalue weighted by atomic mass is 10.2. The van der Waals surface area contributed by atoms with E-state index in [1.54, 1.807) is 13.1 Å². The van der Waals surface area contributed by atoms with Crippen molar-refractivity contribution in [2.45, 2.75) is 11.8 Å². The first-order chi connectivity index (χ1) is 6.36. The van der Waals surface area contributed by atoms with E-state index in [0.717, 1.165) is 0 Å². The van der Waals surface area contributed by atoms with Gasteiger partial charge in [0.05, 0.1) is 0 Å². The fraction of sp³-hybridized carbons (Fsp3) is 0.250. The second-order valence-electron chi connectivity index (χ2n) is 2.91. The summed E-state index contributed by atoms with van der Waals surface area (Å²) in [6.07, 6.45) is 0. The summed E-state index contributed by atoms with van der Waals surface area (Å²) in [5.74, 6) is 0. The van der Waals surface area contributed by atoms with Crippen LogP contribution in [0.15, 0.2) is 17.0 Å². The third-order valence-corrected chi connectivity index (χ3v) is 2.95. The summed E-state index contributed by atoms with van der Waals surface area (Å²) in [5.41, 5.74) is 6.80. The number of rotatable bonds is 2. The quantitative estimate of drug-likeness (QED) is 0.504. The minimum atomic E-state index is -4.21. The fourth-order valence-electron chi connectivity index (χ4n) is 1.12. The number of nitrogens with two attached hydrogens (primary N) is 1. The summed E-state index contributed by atoms with van der Waals surface area (Å²) in [7, 11) is -2.57. The van der Waals surface area contributed by atoms with Crippen LogP contribution in [0.2, 0.25) is 0 Å². The fourth-order valence-corrected chi connectivity index (χ4v) is 1.90. The second-order valence-corrected chi connectivity index (χ2v) is 4.30. The molecular formula is C8H12N2O3S. The average Bonchev–Trinajstić information content (AvgIpc) is 2.07. The molecule has 0 aromatic heterocycles. The summed E-state index contributed by atoms with van der Waals surface area (Å²) in [4.78, 5) is -0.165. The Kier molecular flexibility index (Phi) is 2.68. The maximum Gasteiger partial charge on any atom is 0.294 e. The van der Waals surface area contributed by atoms with Crippen LogP contribution in [-0.2, 0) is 10.1 Å². The van der Waals surface area contributed by atoms with Crippen LogP contribution in [0.4, 0.5) is 11.4 Å². The standard InChI is InChI=1S/C8H12N2O3S/c1-5-7(9)3-6(10-2)4-8(5)14(11,12)13/h3-4,10H,9H2,1-2H3,(H,11,12,13). The Labute approximate surface area is 82.7 Å². The molecule has 0 fully saturated rings. The monoisotopic (exact) mass is 216 g/mol. The van der Waals surface area contributed by atoms with Crippen molar-refractivity contribution >= 4 is 21.5 Å². The topological polar surface area (TPSA) is 92.4 Å². The van der Waals surface area contributed by atoms with Gasteiger partial charge in [-0.3, -0.25) is 4.55 Å². The van der Waals surface area contributed by atoms with E-state index in [0.29, 0.717) is 16.9 Å². The first-order valence-corrected chi connectivity index (χ1v) is 5.35. The van der Waals surface area contributed by atoms with Gasteiger partial charge >= 0.3 is 0 Å². The third kappa shape index (κ3) is 1.97. The molecule has 0 atom stereocenters. The van der Waals surface area contributed by atoms with Crippen LogP contribution >= 0.6 is 0 Å². The van der Waals surface area contributed by atoms with E-state index >= 15 is 0 Å². The van der Waals surface area contributed by atoms with Gasteiger partial charge in [0, 0.05) is 18.4 Å². The first kappa shape index (κ1) is 10.8. The van der Waals surface area contributed by atoms with Gasteiger partial charge in [-0.2, -0.15) is 8.42 Å². The number of hydrogen-bond acceptors (Lipinski definition) is 4. The third-order valence-electron chi connectivity index (χ3n) is 1.97. The molecular weight excluding hydrogens is 204 g/mol. The van der Waals surface area contributed by atoms with Crippen molar-refractivity contribution in [3.8, 4) is 0 Å². The lowest BCUT2D eigenvalue weighted by Crippen LogP contribution is -2.05. The van der Waals surface area contributed by atoms with E-state index in [1.165, 1.54) is 13.0 Å². The number of nitrogen functional groups attached to an aromatic ring is 1. The molecule has 78 valence electrons. The molecule has 0 heterocycles. The summed E-state index contributed by atoms with van der Waals surface area (Å²) in [5, 5.41) is 2.75. The van der Waals surface area contributed by atoms with Gasteiger partial charge in [0.25, 0.3) is 10.1 Å². The lowest BCUT2D eigenvalue weighted by molar-refractivity contribution is 0.482. The summed E-state index contributed by atoms with van der Waals surface area (Å²) in [6, 6.07) is 2.94. The molecule has 0 amide bonds. The molecule has 0 saturated heterocycles. The smallest absolute Gasteiger partial charge is 0.294 e. The molecule has 1 rings (SSSR count). The Bertz CT molecular complexity index is 454. The zero-order valence-corrected chi connectivity index (χ0v) is 8.72. The minimum Gasteiger partial charge on any atom is -0.398 e. The molecule has 0 spiro atoms. The van der Waals surface area contributed by atoms with Crippen LogP contribution in [0.1, 0.15) is 5.56 Å². The van der Waals surface area contributed by atoms with E-state index in [9.17, 15) is 8.42 Å². The SMILES string of the molecule is CNc1cc(N)c(C)c(S(=O)(=O)O)c1. The molecule has 6 heteroatoms. The van der Waals surface area contributed by atoms with Gasteiger partial charge in [-0.15, -0.1) is 0 Å². The van der Waals surface area contributed by atoms with E-state index in [1.807, 2.05) is 0 Å². The number of anilines is 2. The Hall–Kier alpha value is -1.27. The summed E-state index contributed by atoms with van der Waals surface area (Å²) in [6.45, 7) is 1.54. The van der Waals surface area contributed by atoms with Crippen LogP contribution in [0.3, 0.4) is 0 Å². The maximum atomic E-state index is 10.9. The zero-order valence-electron chi connectivity index (χ0n) is 7.90. The van der Waals surface area contributed by atoms with E-state index in [4.69, 9.17) is 10.3 Å². The van der Waals surface area contributed by atoms with Crippen molar-refractivity contribution in [1.82, 2.24) is 0 Å². The van der Waals surface area contributed by atoms with Gasteiger partial charge in [-0.05, 0) is 24.6 Å². The summed E-state index contributed by atoms with van der Waals surface area (Å²) >= 11 is 0. The number of nitrogens with one attached hydrogen (secondary N) is 1. The molecule has 1 aromatic rings. The number of hydrogen-bond donors (Lipinski definition) is 3. The largest absolute Gasteiger partial charge is 0.398 e. The average molecular weight is 216 g/mol. The minimum absolute atomic E-state index is 0.165. The van der Waals surface area contributed by atoms with E-state index < -0.39 is 10.1 Å². The van der Waals surface area contributed by atoms with Crippen LogP contribution in [-0.4, -0.2) is 20.0 Å². The predicted octanol–water partition coefficient (Wildman–Crippen LogP) is 0.866. The molecule has 0 aliphatic heterocycles. The lowest BCUT2D eigenvalue weighted by Gasteiger charge is -2.09. The maximum absolute atomic E-state index is 10.9. The highest BCUT2D eigenvalue weighted by Gasteiger charge is 2.15. The molecule has 4 N–H and O–H groups in total. The Balaban J connectivity index is 3.51. The van der Waals surface area contributed by atoms with Crippen molar-refractivity contribution in [2.24, 2.45) is 0 Å². The number of benzene rings is 1. The molecule has 14 heavy (non-hydrogen) atoms. The molecule has 0 saturated carbocycles. The highest BCUT2D eigenvalue weighted by atomic mass is 32.2. The molecule has 1 aromatic carbocycles.